The number of aromatic nitrogens is 1. The Labute approximate surface area is 96.1 Å². The highest BCUT2D eigenvalue weighted by Gasteiger charge is 2.27. The number of likely N-dealkylation sites (tertiary alicyclic amines) is 1. The largest absolute Gasteiger partial charge is 0.291 e. The van der Waals surface area contributed by atoms with Crippen LogP contribution in [0.1, 0.15) is 25.0 Å². The van der Waals surface area contributed by atoms with Gasteiger partial charge in [0.15, 0.2) is 0 Å². The molecule has 2 rings (SSSR count). The van der Waals surface area contributed by atoms with Gasteiger partial charge in [-0.15, -0.1) is 11.8 Å². The molecule has 1 aromatic heterocycles. The van der Waals surface area contributed by atoms with Crippen molar-refractivity contribution in [3.63, 3.8) is 0 Å². The van der Waals surface area contributed by atoms with E-state index >= 15 is 0 Å². The van der Waals surface area contributed by atoms with Gasteiger partial charge in [0.2, 0.25) is 0 Å². The zero-order chi connectivity index (χ0) is 10.7. The van der Waals surface area contributed by atoms with E-state index in [0.717, 1.165) is 0 Å². The van der Waals surface area contributed by atoms with Crippen LogP contribution in [-0.2, 0) is 0 Å². The number of rotatable bonds is 3. The fourth-order valence-electron chi connectivity index (χ4n) is 2.13. The highest BCUT2D eigenvalue weighted by atomic mass is 32.2. The van der Waals surface area contributed by atoms with E-state index in [0.29, 0.717) is 11.3 Å². The van der Waals surface area contributed by atoms with Crippen molar-refractivity contribution >= 4 is 11.8 Å². The van der Waals surface area contributed by atoms with Crippen LogP contribution in [0.4, 0.5) is 0 Å². The fourth-order valence-corrected chi connectivity index (χ4v) is 2.62. The second-order valence-electron chi connectivity index (χ2n) is 4.07. The molecule has 0 radical (unpaired) electrons. The zero-order valence-electron chi connectivity index (χ0n) is 9.39. The SMILES string of the molecule is CSC(C)N1CCC(c2ccccn2)C1. The molecule has 82 valence electrons. The van der Waals surface area contributed by atoms with Crippen LogP contribution in [0.25, 0.3) is 0 Å². The smallest absolute Gasteiger partial charge is 0.0526 e. The molecule has 1 aliphatic rings. The second-order valence-corrected chi connectivity index (χ2v) is 5.22. The van der Waals surface area contributed by atoms with Crippen LogP contribution in [0.3, 0.4) is 0 Å². The Morgan fingerprint density at radius 2 is 2.40 bits per heavy atom. The maximum absolute atomic E-state index is 4.45. The predicted octanol–water partition coefficient (Wildman–Crippen LogP) is 2.58. The molecule has 15 heavy (non-hydrogen) atoms. The minimum absolute atomic E-state index is 0.638. The summed E-state index contributed by atoms with van der Waals surface area (Å²) >= 11 is 1.92. The van der Waals surface area contributed by atoms with Gasteiger partial charge in [0.05, 0.1) is 5.37 Å². The average Bonchev–Trinajstić information content (AvgIpc) is 2.78. The van der Waals surface area contributed by atoms with Gasteiger partial charge in [0.25, 0.3) is 0 Å². The quantitative estimate of drug-likeness (QED) is 0.782. The minimum Gasteiger partial charge on any atom is -0.291 e. The third-order valence-electron chi connectivity index (χ3n) is 3.18. The van der Waals surface area contributed by atoms with Crippen molar-refractivity contribution < 1.29 is 0 Å². The van der Waals surface area contributed by atoms with E-state index in [1.165, 1.54) is 25.2 Å². The molecule has 1 aromatic rings. The number of thioether (sulfide) groups is 1. The van der Waals surface area contributed by atoms with Gasteiger partial charge in [0, 0.05) is 24.4 Å². The molecule has 2 heterocycles. The van der Waals surface area contributed by atoms with Crippen molar-refractivity contribution in [1.29, 1.82) is 0 Å². The molecule has 0 bridgehead atoms. The highest BCUT2D eigenvalue weighted by molar-refractivity contribution is 7.99. The van der Waals surface area contributed by atoms with Gasteiger partial charge in [-0.1, -0.05) is 6.07 Å². The van der Waals surface area contributed by atoms with Gasteiger partial charge < -0.3 is 0 Å². The van der Waals surface area contributed by atoms with Crippen LogP contribution in [-0.4, -0.2) is 34.6 Å². The average molecular weight is 222 g/mol. The van der Waals surface area contributed by atoms with Crippen molar-refractivity contribution in [2.24, 2.45) is 0 Å². The van der Waals surface area contributed by atoms with E-state index in [1.54, 1.807) is 0 Å². The van der Waals surface area contributed by atoms with E-state index in [4.69, 9.17) is 0 Å². The van der Waals surface area contributed by atoms with E-state index in [-0.39, 0.29) is 0 Å². The van der Waals surface area contributed by atoms with Crippen molar-refractivity contribution in [3.05, 3.63) is 30.1 Å². The summed E-state index contributed by atoms with van der Waals surface area (Å²) in [6.45, 7) is 4.66. The first-order valence-electron chi connectivity index (χ1n) is 5.49. The van der Waals surface area contributed by atoms with E-state index in [9.17, 15) is 0 Å². The van der Waals surface area contributed by atoms with Gasteiger partial charge in [-0.3, -0.25) is 9.88 Å². The highest BCUT2D eigenvalue weighted by Crippen LogP contribution is 2.28. The molecule has 3 heteroatoms. The molecule has 1 aliphatic heterocycles. The van der Waals surface area contributed by atoms with Gasteiger partial charge in [-0.05, 0) is 38.3 Å². The molecule has 0 N–H and O–H groups in total. The maximum Gasteiger partial charge on any atom is 0.0526 e. The Bertz CT molecular complexity index is 302. The van der Waals surface area contributed by atoms with Crippen LogP contribution in [0.2, 0.25) is 0 Å². The number of hydrogen-bond donors (Lipinski definition) is 0. The lowest BCUT2D eigenvalue weighted by atomic mass is 10.0. The number of pyridine rings is 1. The zero-order valence-corrected chi connectivity index (χ0v) is 10.2. The first-order valence-corrected chi connectivity index (χ1v) is 6.78. The van der Waals surface area contributed by atoms with Crippen LogP contribution in [0.5, 0.6) is 0 Å². The van der Waals surface area contributed by atoms with Crippen LogP contribution < -0.4 is 0 Å². The summed E-state index contributed by atoms with van der Waals surface area (Å²) in [6, 6.07) is 6.22. The lowest BCUT2D eigenvalue weighted by molar-refractivity contribution is 0.327. The fraction of sp³-hybridized carbons (Fsp3) is 0.583. The monoisotopic (exact) mass is 222 g/mol. The molecule has 0 aliphatic carbocycles. The Morgan fingerprint density at radius 1 is 1.53 bits per heavy atom. The summed E-state index contributed by atoms with van der Waals surface area (Å²) in [5.41, 5.74) is 1.26. The molecule has 1 fully saturated rings. The Kier molecular flexibility index (Phi) is 3.65. The Hall–Kier alpha value is -0.540. The molecular weight excluding hydrogens is 204 g/mol. The van der Waals surface area contributed by atoms with Crippen molar-refractivity contribution in [1.82, 2.24) is 9.88 Å². The lowest BCUT2D eigenvalue weighted by Crippen LogP contribution is -2.27. The topological polar surface area (TPSA) is 16.1 Å². The summed E-state index contributed by atoms with van der Waals surface area (Å²) in [7, 11) is 0. The molecule has 0 spiro atoms. The van der Waals surface area contributed by atoms with Crippen LogP contribution in [0, 0.1) is 0 Å². The van der Waals surface area contributed by atoms with Crippen molar-refractivity contribution in [3.8, 4) is 0 Å². The molecule has 2 unspecified atom stereocenters. The normalized spacial score (nSPS) is 24.3. The standard InChI is InChI=1S/C12H18N2S/c1-10(15-2)14-8-6-11(9-14)12-5-3-4-7-13-12/h3-5,7,10-11H,6,8-9H2,1-2H3. The van der Waals surface area contributed by atoms with Gasteiger partial charge in [0.1, 0.15) is 0 Å². The third-order valence-corrected chi connectivity index (χ3v) is 4.16. The summed E-state index contributed by atoms with van der Waals surface area (Å²) in [4.78, 5) is 6.99. The molecule has 2 nitrogen and oxygen atoms in total. The van der Waals surface area contributed by atoms with Crippen LogP contribution >= 0.6 is 11.8 Å². The summed E-state index contributed by atoms with van der Waals surface area (Å²) in [5.74, 6) is 0.640. The minimum atomic E-state index is 0.638. The van der Waals surface area contributed by atoms with E-state index in [1.807, 2.05) is 24.0 Å². The maximum atomic E-state index is 4.45. The summed E-state index contributed by atoms with van der Waals surface area (Å²) < 4.78 is 0. The lowest BCUT2D eigenvalue weighted by Gasteiger charge is -2.22. The second kappa shape index (κ2) is 4.99. The predicted molar refractivity (Wildman–Crippen MR) is 66.1 cm³/mol. The Morgan fingerprint density at radius 3 is 3.07 bits per heavy atom. The van der Waals surface area contributed by atoms with Gasteiger partial charge in [-0.25, -0.2) is 0 Å². The van der Waals surface area contributed by atoms with E-state index in [2.05, 4.69) is 35.2 Å². The summed E-state index contributed by atoms with van der Waals surface area (Å²) in [6.07, 6.45) is 5.33. The van der Waals surface area contributed by atoms with Gasteiger partial charge in [-0.2, -0.15) is 0 Å². The van der Waals surface area contributed by atoms with Crippen molar-refractivity contribution in [2.45, 2.75) is 24.6 Å². The van der Waals surface area contributed by atoms with Crippen LogP contribution in [0.15, 0.2) is 24.4 Å². The first kappa shape index (κ1) is 11.0. The molecule has 2 atom stereocenters. The first-order chi connectivity index (χ1) is 7.31. The van der Waals surface area contributed by atoms with E-state index < -0.39 is 0 Å². The number of hydrogen-bond acceptors (Lipinski definition) is 3. The Balaban J connectivity index is 1.99. The van der Waals surface area contributed by atoms with Gasteiger partial charge >= 0.3 is 0 Å². The third kappa shape index (κ3) is 2.52. The molecule has 1 saturated heterocycles. The molecule has 0 saturated carbocycles. The van der Waals surface area contributed by atoms with Crippen molar-refractivity contribution in [2.75, 3.05) is 19.3 Å². The number of nitrogens with zero attached hydrogens (tertiary/aromatic N) is 2. The molecule has 0 amide bonds. The molecule has 0 aromatic carbocycles. The summed E-state index contributed by atoms with van der Waals surface area (Å²) in [5, 5.41) is 0.638. The molecular formula is C12H18N2S.